The highest BCUT2D eigenvalue weighted by Gasteiger charge is 2.38. The van der Waals surface area contributed by atoms with Gasteiger partial charge in [-0.3, -0.25) is 10.1 Å². The van der Waals surface area contributed by atoms with Crippen LogP contribution in [-0.2, 0) is 0 Å². The summed E-state index contributed by atoms with van der Waals surface area (Å²) >= 11 is 0. The van der Waals surface area contributed by atoms with Crippen LogP contribution < -0.4 is 0 Å². The van der Waals surface area contributed by atoms with Crippen LogP contribution in [0.3, 0.4) is 0 Å². The second kappa shape index (κ2) is 6.45. The highest BCUT2D eigenvalue weighted by molar-refractivity contribution is 5.93. The van der Waals surface area contributed by atoms with E-state index in [9.17, 15) is 19.3 Å². The molecule has 0 amide bonds. The van der Waals surface area contributed by atoms with E-state index in [0.29, 0.717) is 17.7 Å². The summed E-state index contributed by atoms with van der Waals surface area (Å²) < 4.78 is 26.9. The van der Waals surface area contributed by atoms with E-state index in [2.05, 4.69) is 21.3 Å². The van der Waals surface area contributed by atoms with Gasteiger partial charge in [0, 0.05) is 22.7 Å². The van der Waals surface area contributed by atoms with Gasteiger partial charge in [0.05, 0.1) is 29.1 Å². The Morgan fingerprint density at radius 1 is 1.32 bits per heavy atom. The predicted octanol–water partition coefficient (Wildman–Crippen LogP) is 4.00. The normalized spacial score (nSPS) is 20.5. The van der Waals surface area contributed by atoms with Gasteiger partial charge in [0.15, 0.2) is 0 Å². The number of nitrogens with zero attached hydrogens (tertiary/aromatic N) is 4. The lowest BCUT2D eigenvalue weighted by Gasteiger charge is -2.28. The lowest BCUT2D eigenvalue weighted by Crippen LogP contribution is -2.28. The van der Waals surface area contributed by atoms with Gasteiger partial charge < -0.3 is 0 Å². The van der Waals surface area contributed by atoms with Crippen LogP contribution in [0.1, 0.15) is 30.5 Å². The fourth-order valence-corrected chi connectivity index (χ4v) is 3.25. The fourth-order valence-electron chi connectivity index (χ4n) is 3.25. The molecule has 1 aromatic carbocycles. The zero-order chi connectivity index (χ0) is 18.1. The molecule has 7 heteroatoms. The number of H-pyrrole nitrogens is 1. The van der Waals surface area contributed by atoms with Crippen molar-refractivity contribution >= 4 is 16.6 Å². The number of aromatic amines is 1. The Morgan fingerprint density at radius 2 is 2.08 bits per heavy atom. The number of alkyl halides is 2. The summed E-state index contributed by atoms with van der Waals surface area (Å²) in [4.78, 5) is 3.93. The first-order valence-electron chi connectivity index (χ1n) is 7.85. The molecule has 0 fully saturated rings. The maximum atomic E-state index is 13.4. The Bertz CT molecular complexity index is 971. The fraction of sp³-hybridized carbons (Fsp3) is 0.333. The summed E-state index contributed by atoms with van der Waals surface area (Å²) in [6, 6.07) is 9.32. The first kappa shape index (κ1) is 16.8. The van der Waals surface area contributed by atoms with Gasteiger partial charge in [-0.2, -0.15) is 15.6 Å². The zero-order valence-electron chi connectivity index (χ0n) is 13.7. The van der Waals surface area contributed by atoms with Crippen molar-refractivity contribution in [1.82, 2.24) is 10.2 Å². The topological polar surface area (TPSA) is 88.6 Å². The molecule has 1 aliphatic heterocycles. The first-order valence-corrected chi connectivity index (χ1v) is 7.85. The molecular weight excluding hydrogens is 324 g/mol. The minimum absolute atomic E-state index is 0.140. The van der Waals surface area contributed by atoms with Gasteiger partial charge in [0.1, 0.15) is 5.70 Å². The number of halogens is 2. The van der Waals surface area contributed by atoms with Gasteiger partial charge in [-0.05, 0) is 31.0 Å². The molecule has 0 aliphatic carbocycles. The summed E-state index contributed by atoms with van der Waals surface area (Å²) in [5.74, 6) is -1.50. The van der Waals surface area contributed by atoms with Crippen molar-refractivity contribution in [3.63, 3.8) is 0 Å². The molecule has 126 valence electrons. The molecule has 0 saturated carbocycles. The Kier molecular flexibility index (Phi) is 4.33. The van der Waals surface area contributed by atoms with Crippen molar-refractivity contribution in [2.75, 3.05) is 0 Å². The third-order valence-electron chi connectivity index (χ3n) is 4.50. The number of hydrogen-bond donors (Lipinski definition) is 1. The molecule has 0 bridgehead atoms. The molecule has 0 radical (unpaired) electrons. The maximum Gasteiger partial charge on any atom is 0.281 e. The highest BCUT2D eigenvalue weighted by atomic mass is 19.3. The van der Waals surface area contributed by atoms with E-state index in [1.807, 2.05) is 19.1 Å². The number of benzene rings is 1. The van der Waals surface area contributed by atoms with E-state index in [0.717, 1.165) is 16.6 Å². The Hall–Kier alpha value is -3.06. The van der Waals surface area contributed by atoms with Gasteiger partial charge in [0.2, 0.25) is 0 Å². The van der Waals surface area contributed by atoms with Crippen molar-refractivity contribution in [2.45, 2.75) is 32.6 Å². The quantitative estimate of drug-likeness (QED) is 0.916. The number of nitrogens with one attached hydrogen (secondary N) is 1. The van der Waals surface area contributed by atoms with E-state index in [1.54, 1.807) is 19.1 Å². The second-order valence-corrected chi connectivity index (χ2v) is 5.88. The second-order valence-electron chi connectivity index (χ2n) is 5.88. The molecular formula is C18H15F2N5. The number of allylic oxidation sites excluding steroid dienone is 2. The largest absolute Gasteiger partial charge is 0.282 e. The van der Waals surface area contributed by atoms with Gasteiger partial charge in [-0.15, -0.1) is 0 Å². The van der Waals surface area contributed by atoms with E-state index in [-0.39, 0.29) is 5.57 Å². The Balaban J connectivity index is 2.25. The van der Waals surface area contributed by atoms with Crippen molar-refractivity contribution in [2.24, 2.45) is 10.9 Å². The van der Waals surface area contributed by atoms with E-state index < -0.39 is 24.0 Å². The van der Waals surface area contributed by atoms with E-state index in [1.165, 1.54) is 0 Å². The Morgan fingerprint density at radius 3 is 2.68 bits per heavy atom. The monoisotopic (exact) mass is 339 g/mol. The van der Waals surface area contributed by atoms with Crippen molar-refractivity contribution in [3.05, 3.63) is 40.7 Å². The molecule has 1 aromatic heterocycles. The predicted molar refractivity (Wildman–Crippen MR) is 89.0 cm³/mol. The summed E-state index contributed by atoms with van der Waals surface area (Å²) in [6.45, 7) is 3.62. The molecule has 2 heterocycles. The third-order valence-corrected chi connectivity index (χ3v) is 4.50. The summed E-state index contributed by atoms with van der Waals surface area (Å²) in [5, 5.41) is 27.0. The SMILES string of the molecule is CCC1=NC(C(F)F)=C(C#N)C(c2ccc3n[nH]c(C)c3c2)C1C#N. The van der Waals surface area contributed by atoms with Crippen LogP contribution in [0.15, 0.2) is 34.5 Å². The number of fused-ring (bicyclic) bond motifs is 1. The van der Waals surface area contributed by atoms with Crippen molar-refractivity contribution in [3.8, 4) is 12.1 Å². The van der Waals surface area contributed by atoms with E-state index in [4.69, 9.17) is 0 Å². The lowest BCUT2D eigenvalue weighted by molar-refractivity contribution is 0.185. The smallest absolute Gasteiger partial charge is 0.281 e. The summed E-state index contributed by atoms with van der Waals surface area (Å²) in [6.07, 6.45) is -2.49. The van der Waals surface area contributed by atoms with Crippen LogP contribution in [-0.4, -0.2) is 22.3 Å². The van der Waals surface area contributed by atoms with Crippen LogP contribution in [0.4, 0.5) is 8.78 Å². The summed E-state index contributed by atoms with van der Waals surface area (Å²) in [7, 11) is 0. The molecule has 2 unspecified atom stereocenters. The molecule has 0 spiro atoms. The third kappa shape index (κ3) is 2.68. The maximum absolute atomic E-state index is 13.4. The number of hydrogen-bond acceptors (Lipinski definition) is 4. The van der Waals surface area contributed by atoms with Crippen LogP contribution in [0, 0.1) is 35.5 Å². The Labute approximate surface area is 143 Å². The van der Waals surface area contributed by atoms with E-state index >= 15 is 0 Å². The molecule has 2 aromatic rings. The van der Waals surface area contributed by atoms with Crippen LogP contribution in [0.25, 0.3) is 10.9 Å². The van der Waals surface area contributed by atoms with Gasteiger partial charge in [-0.25, -0.2) is 8.78 Å². The van der Waals surface area contributed by atoms with Crippen LogP contribution >= 0.6 is 0 Å². The van der Waals surface area contributed by atoms with Gasteiger partial charge in [-0.1, -0.05) is 13.0 Å². The molecule has 2 atom stereocenters. The lowest BCUT2D eigenvalue weighted by atomic mass is 9.75. The number of aromatic nitrogens is 2. The molecule has 5 nitrogen and oxygen atoms in total. The average molecular weight is 339 g/mol. The number of nitriles is 2. The first-order chi connectivity index (χ1) is 12.0. The van der Waals surface area contributed by atoms with Crippen molar-refractivity contribution < 1.29 is 8.78 Å². The summed E-state index contributed by atoms with van der Waals surface area (Å²) in [5.41, 5.74) is 1.93. The van der Waals surface area contributed by atoms with Crippen molar-refractivity contribution in [1.29, 1.82) is 10.5 Å². The molecule has 1 aliphatic rings. The average Bonchev–Trinajstić information content (AvgIpc) is 2.99. The van der Waals surface area contributed by atoms with Gasteiger partial charge >= 0.3 is 0 Å². The van der Waals surface area contributed by atoms with Gasteiger partial charge in [0.25, 0.3) is 6.43 Å². The molecule has 3 rings (SSSR count). The molecule has 1 N–H and O–H groups in total. The molecule has 25 heavy (non-hydrogen) atoms. The number of rotatable bonds is 3. The molecule has 0 saturated heterocycles. The zero-order valence-corrected chi connectivity index (χ0v) is 13.7. The highest BCUT2D eigenvalue weighted by Crippen LogP contribution is 2.41. The standard InChI is InChI=1S/C18H15F2N5/c1-3-14-12(7-21)16(13(8-22)17(23-14)18(19)20)10-4-5-15-11(6-10)9(2)24-25-15/h4-6,12,16,18H,3H2,1-2H3,(H,24,25). The van der Waals surface area contributed by atoms with Crippen LogP contribution in [0.5, 0.6) is 0 Å². The number of aliphatic imine (C=N–C) groups is 1. The van der Waals surface area contributed by atoms with Crippen LogP contribution in [0.2, 0.25) is 0 Å². The minimum atomic E-state index is -2.86. The minimum Gasteiger partial charge on any atom is -0.282 e. The number of aryl methyl sites for hydroxylation is 1.